The Morgan fingerprint density at radius 1 is 1.53 bits per heavy atom. The van der Waals surface area contributed by atoms with Crippen molar-refractivity contribution >= 4 is 11.6 Å². The summed E-state index contributed by atoms with van der Waals surface area (Å²) in [5, 5.41) is 4.08. The first-order chi connectivity index (χ1) is 9.13. The second-order valence-electron chi connectivity index (χ2n) is 5.66. The largest absolute Gasteiger partial charge is 0.396 e. The van der Waals surface area contributed by atoms with Gasteiger partial charge in [-0.05, 0) is 26.3 Å². The number of anilines is 1. The van der Waals surface area contributed by atoms with Gasteiger partial charge in [0, 0.05) is 31.4 Å². The van der Waals surface area contributed by atoms with Gasteiger partial charge in [-0.15, -0.1) is 0 Å². The molecule has 0 bridgehead atoms. The van der Waals surface area contributed by atoms with Crippen molar-refractivity contribution in [3.8, 4) is 0 Å². The molecule has 19 heavy (non-hydrogen) atoms. The lowest BCUT2D eigenvalue weighted by Crippen LogP contribution is -2.57. The van der Waals surface area contributed by atoms with Crippen molar-refractivity contribution in [3.63, 3.8) is 0 Å². The van der Waals surface area contributed by atoms with E-state index >= 15 is 0 Å². The summed E-state index contributed by atoms with van der Waals surface area (Å²) in [6.07, 6.45) is 5.75. The molecule has 2 aliphatic heterocycles. The average Bonchev–Trinajstić information content (AvgIpc) is 2.96. The number of hydrogen-bond donors (Lipinski definition) is 1. The molecule has 2 saturated heterocycles. The van der Waals surface area contributed by atoms with E-state index in [9.17, 15) is 4.79 Å². The van der Waals surface area contributed by atoms with Gasteiger partial charge in [0.2, 0.25) is 5.91 Å². The van der Waals surface area contributed by atoms with Gasteiger partial charge >= 0.3 is 0 Å². The number of piperazine rings is 1. The molecule has 2 N–H and O–H groups in total. The van der Waals surface area contributed by atoms with E-state index in [-0.39, 0.29) is 18.5 Å². The van der Waals surface area contributed by atoms with Gasteiger partial charge in [-0.3, -0.25) is 14.4 Å². The van der Waals surface area contributed by atoms with Crippen molar-refractivity contribution in [2.24, 2.45) is 0 Å². The lowest BCUT2D eigenvalue weighted by molar-refractivity contribution is -0.137. The van der Waals surface area contributed by atoms with Crippen LogP contribution in [0.5, 0.6) is 0 Å². The van der Waals surface area contributed by atoms with Gasteiger partial charge in [-0.1, -0.05) is 0 Å². The van der Waals surface area contributed by atoms with Crippen molar-refractivity contribution in [1.82, 2.24) is 19.6 Å². The Labute approximate surface area is 113 Å². The van der Waals surface area contributed by atoms with E-state index in [1.165, 1.54) is 19.4 Å². The van der Waals surface area contributed by atoms with Crippen molar-refractivity contribution < 1.29 is 4.79 Å². The van der Waals surface area contributed by atoms with Crippen LogP contribution in [0.1, 0.15) is 19.8 Å². The average molecular weight is 263 g/mol. The molecule has 0 radical (unpaired) electrons. The summed E-state index contributed by atoms with van der Waals surface area (Å²) in [6.45, 7) is 5.46. The van der Waals surface area contributed by atoms with Crippen LogP contribution in [0.15, 0.2) is 12.4 Å². The summed E-state index contributed by atoms with van der Waals surface area (Å²) < 4.78 is 1.62. The highest BCUT2D eigenvalue weighted by Gasteiger charge is 2.36. The van der Waals surface area contributed by atoms with E-state index in [1.54, 1.807) is 17.1 Å². The number of hydrogen-bond acceptors (Lipinski definition) is 4. The maximum absolute atomic E-state index is 12.4. The number of amides is 1. The van der Waals surface area contributed by atoms with Crippen molar-refractivity contribution in [3.05, 3.63) is 12.4 Å². The van der Waals surface area contributed by atoms with Gasteiger partial charge in [0.05, 0.1) is 11.9 Å². The molecular weight excluding hydrogens is 242 g/mol. The third-order valence-electron chi connectivity index (χ3n) is 4.21. The standard InChI is InChI=1S/C13H21N5O/c1-10-6-16-4-2-3-12(16)8-18(10)13(19)9-17-7-11(14)5-15-17/h5,7,10,12H,2-4,6,8-9,14H2,1H3. The van der Waals surface area contributed by atoms with E-state index in [1.807, 2.05) is 4.90 Å². The van der Waals surface area contributed by atoms with E-state index in [4.69, 9.17) is 5.73 Å². The summed E-state index contributed by atoms with van der Waals surface area (Å²) in [4.78, 5) is 16.9. The van der Waals surface area contributed by atoms with Gasteiger partial charge in [-0.25, -0.2) is 0 Å². The van der Waals surface area contributed by atoms with Crippen LogP contribution in [-0.4, -0.2) is 57.2 Å². The van der Waals surface area contributed by atoms with E-state index in [2.05, 4.69) is 16.9 Å². The van der Waals surface area contributed by atoms with Crippen LogP contribution in [0.25, 0.3) is 0 Å². The van der Waals surface area contributed by atoms with Crippen molar-refractivity contribution in [2.75, 3.05) is 25.4 Å². The Bertz CT molecular complexity index is 471. The molecule has 6 heteroatoms. The minimum atomic E-state index is 0.141. The van der Waals surface area contributed by atoms with Gasteiger partial charge < -0.3 is 10.6 Å². The fraction of sp³-hybridized carbons (Fsp3) is 0.692. The molecular formula is C13H21N5O. The van der Waals surface area contributed by atoms with Gasteiger partial charge in [0.1, 0.15) is 6.54 Å². The normalized spacial score (nSPS) is 27.5. The number of rotatable bonds is 2. The van der Waals surface area contributed by atoms with Crippen molar-refractivity contribution in [2.45, 2.75) is 38.4 Å². The highest BCUT2D eigenvalue weighted by Crippen LogP contribution is 2.24. The lowest BCUT2D eigenvalue weighted by atomic mass is 10.1. The van der Waals surface area contributed by atoms with Crippen LogP contribution in [0, 0.1) is 0 Å². The minimum absolute atomic E-state index is 0.141. The number of carbonyl (C=O) groups excluding carboxylic acids is 1. The van der Waals surface area contributed by atoms with Crippen LogP contribution < -0.4 is 5.73 Å². The summed E-state index contributed by atoms with van der Waals surface area (Å²) in [7, 11) is 0. The SMILES string of the molecule is CC1CN2CCCC2CN1C(=O)Cn1cc(N)cn1. The van der Waals surface area contributed by atoms with E-state index in [0.717, 1.165) is 13.1 Å². The van der Waals surface area contributed by atoms with Crippen molar-refractivity contribution in [1.29, 1.82) is 0 Å². The first kappa shape index (κ1) is 12.5. The summed E-state index contributed by atoms with van der Waals surface area (Å²) in [5.41, 5.74) is 6.21. The molecule has 2 unspecified atom stereocenters. The highest BCUT2D eigenvalue weighted by atomic mass is 16.2. The fourth-order valence-electron chi connectivity index (χ4n) is 3.23. The van der Waals surface area contributed by atoms with E-state index in [0.29, 0.717) is 11.7 Å². The Kier molecular flexibility index (Phi) is 3.18. The molecule has 0 aliphatic carbocycles. The first-order valence-corrected chi connectivity index (χ1v) is 6.95. The molecule has 1 aromatic rings. The zero-order valence-corrected chi connectivity index (χ0v) is 11.3. The molecule has 1 amide bonds. The maximum Gasteiger partial charge on any atom is 0.244 e. The molecule has 0 spiro atoms. The number of nitrogens with zero attached hydrogens (tertiary/aromatic N) is 4. The van der Waals surface area contributed by atoms with E-state index < -0.39 is 0 Å². The predicted molar refractivity (Wildman–Crippen MR) is 72.4 cm³/mol. The predicted octanol–water partition coefficient (Wildman–Crippen LogP) is 0.160. The topological polar surface area (TPSA) is 67.4 Å². The molecule has 3 rings (SSSR count). The third kappa shape index (κ3) is 2.45. The quantitative estimate of drug-likeness (QED) is 0.825. The van der Waals surface area contributed by atoms with Crippen LogP contribution in [-0.2, 0) is 11.3 Å². The Morgan fingerprint density at radius 3 is 3.11 bits per heavy atom. The molecule has 104 valence electrons. The molecule has 2 atom stereocenters. The molecule has 0 aromatic carbocycles. The summed E-state index contributed by atoms with van der Waals surface area (Å²) in [5.74, 6) is 0.141. The Hall–Kier alpha value is -1.56. The minimum Gasteiger partial charge on any atom is -0.396 e. The number of nitrogen functional groups attached to an aromatic ring is 1. The Balaban J connectivity index is 1.65. The first-order valence-electron chi connectivity index (χ1n) is 6.95. The zero-order chi connectivity index (χ0) is 13.4. The smallest absolute Gasteiger partial charge is 0.244 e. The molecule has 2 fully saturated rings. The molecule has 6 nitrogen and oxygen atoms in total. The highest BCUT2D eigenvalue weighted by molar-refractivity contribution is 5.76. The zero-order valence-electron chi connectivity index (χ0n) is 11.3. The molecule has 1 aromatic heterocycles. The number of carbonyl (C=O) groups is 1. The van der Waals surface area contributed by atoms with Crippen LogP contribution >= 0.6 is 0 Å². The number of fused-ring (bicyclic) bond motifs is 1. The third-order valence-corrected chi connectivity index (χ3v) is 4.21. The van der Waals surface area contributed by atoms with Gasteiger partial charge in [0.25, 0.3) is 0 Å². The number of nitrogens with two attached hydrogens (primary N) is 1. The molecule has 3 heterocycles. The molecule has 0 saturated carbocycles. The summed E-state index contributed by atoms with van der Waals surface area (Å²) in [6, 6.07) is 0.845. The van der Waals surface area contributed by atoms with Gasteiger partial charge in [-0.2, -0.15) is 5.10 Å². The van der Waals surface area contributed by atoms with Gasteiger partial charge in [0.15, 0.2) is 0 Å². The monoisotopic (exact) mass is 263 g/mol. The Morgan fingerprint density at radius 2 is 2.37 bits per heavy atom. The molecule has 2 aliphatic rings. The second kappa shape index (κ2) is 4.85. The summed E-state index contributed by atoms with van der Waals surface area (Å²) >= 11 is 0. The number of aromatic nitrogens is 2. The van der Waals surface area contributed by atoms with Crippen LogP contribution in [0.4, 0.5) is 5.69 Å². The second-order valence-corrected chi connectivity index (χ2v) is 5.66. The van der Waals surface area contributed by atoms with Crippen LogP contribution in [0.3, 0.4) is 0 Å². The lowest BCUT2D eigenvalue weighted by Gasteiger charge is -2.42. The fourth-order valence-corrected chi connectivity index (χ4v) is 3.23. The van der Waals surface area contributed by atoms with Crippen LogP contribution in [0.2, 0.25) is 0 Å². The maximum atomic E-state index is 12.4.